The van der Waals surface area contributed by atoms with E-state index >= 15 is 0 Å². The Bertz CT molecular complexity index is 1830. The predicted octanol–water partition coefficient (Wildman–Crippen LogP) is 8.88. The first kappa shape index (κ1) is 40.2. The lowest BCUT2D eigenvalue weighted by Crippen LogP contribution is -2.43. The Morgan fingerprint density at radius 3 is 1.59 bits per heavy atom. The van der Waals surface area contributed by atoms with Crippen LogP contribution in [-0.4, -0.2) is 51.2 Å². The lowest BCUT2D eigenvalue weighted by molar-refractivity contribution is 0.178. The average Bonchev–Trinajstić information content (AvgIpc) is 2.98. The predicted molar refractivity (Wildman–Crippen MR) is 202 cm³/mol. The largest absolute Gasteiger partial charge is 0.543 e. The Morgan fingerprint density at radius 1 is 0.612 bits per heavy atom. The van der Waals surface area contributed by atoms with Gasteiger partial charge in [0.1, 0.15) is 22.7 Å². The summed E-state index contributed by atoms with van der Waals surface area (Å²) in [7, 11) is 0.983. The van der Waals surface area contributed by atoms with Crippen molar-refractivity contribution in [2.24, 2.45) is 0 Å². The molecular formula is C38H56O9Si2. The van der Waals surface area contributed by atoms with E-state index < -0.39 is 16.6 Å². The van der Waals surface area contributed by atoms with E-state index in [0.29, 0.717) is 42.8 Å². The molecule has 0 saturated carbocycles. The summed E-state index contributed by atoms with van der Waals surface area (Å²) in [5.74, 6) is 1.50. The molecule has 11 heteroatoms. The standard InChI is InChI=1S/C20H30O5Si.C18H26O4Si/c1-20(2,3)26(6,7)25-14-8-9-16-15(10-11-22-4)17(13-23-5)19(21)24-18(16)12-14;1-18(2,3)23(5,6)22-14-7-8-15-13(9-10-20-4)11-17(19)21-16(15)12-14/h8-9,12H,10-11,13H2,1-7H3;7-8,11-12H,9-10H2,1-6H3. The van der Waals surface area contributed by atoms with Gasteiger partial charge < -0.3 is 31.9 Å². The second kappa shape index (κ2) is 16.2. The molecule has 270 valence electrons. The van der Waals surface area contributed by atoms with Gasteiger partial charge in [0.15, 0.2) is 0 Å². The van der Waals surface area contributed by atoms with Crippen LogP contribution in [0.15, 0.2) is 60.9 Å². The van der Waals surface area contributed by atoms with Gasteiger partial charge in [-0.3, -0.25) is 0 Å². The van der Waals surface area contributed by atoms with Gasteiger partial charge in [0.25, 0.3) is 0 Å². The molecule has 0 fully saturated rings. The number of ether oxygens (including phenoxy) is 3. The summed E-state index contributed by atoms with van der Waals surface area (Å²) in [6, 6.07) is 13.0. The summed E-state index contributed by atoms with van der Waals surface area (Å²) < 4.78 is 39.1. The van der Waals surface area contributed by atoms with E-state index in [2.05, 4.69) is 67.7 Å². The summed E-state index contributed by atoms with van der Waals surface area (Å²) in [5, 5.41) is 2.04. The third-order valence-corrected chi connectivity index (χ3v) is 18.4. The van der Waals surface area contributed by atoms with Crippen LogP contribution in [-0.2, 0) is 33.7 Å². The van der Waals surface area contributed by atoms with Crippen molar-refractivity contribution in [1.29, 1.82) is 0 Å². The van der Waals surface area contributed by atoms with Crippen molar-refractivity contribution >= 4 is 38.6 Å². The Morgan fingerprint density at radius 2 is 1.10 bits per heavy atom. The molecule has 0 aliphatic heterocycles. The van der Waals surface area contributed by atoms with Crippen molar-refractivity contribution in [3.8, 4) is 11.5 Å². The molecule has 0 amide bonds. The molecule has 9 nitrogen and oxygen atoms in total. The van der Waals surface area contributed by atoms with Crippen LogP contribution in [0.2, 0.25) is 36.3 Å². The number of hydrogen-bond donors (Lipinski definition) is 0. The normalized spacial score (nSPS) is 12.6. The summed E-state index contributed by atoms with van der Waals surface area (Å²) in [6.45, 7) is 23.3. The van der Waals surface area contributed by atoms with Crippen molar-refractivity contribution in [2.75, 3.05) is 34.5 Å². The molecule has 0 bridgehead atoms. The molecule has 0 N–H and O–H groups in total. The third kappa shape index (κ3) is 10.2. The van der Waals surface area contributed by atoms with Crippen molar-refractivity contribution in [1.82, 2.24) is 0 Å². The van der Waals surface area contributed by atoms with E-state index in [4.69, 9.17) is 31.9 Å². The minimum absolute atomic E-state index is 0.0920. The Kier molecular flexibility index (Phi) is 13.3. The third-order valence-electron chi connectivity index (χ3n) is 9.67. The van der Waals surface area contributed by atoms with Crippen LogP contribution < -0.4 is 20.1 Å². The molecule has 2 aromatic carbocycles. The smallest absolute Gasteiger partial charge is 0.342 e. The maximum Gasteiger partial charge on any atom is 0.342 e. The second-order valence-corrected chi connectivity index (χ2v) is 24.8. The molecule has 49 heavy (non-hydrogen) atoms. The topological polar surface area (TPSA) is 107 Å². The zero-order chi connectivity index (χ0) is 36.8. The molecule has 0 aliphatic carbocycles. The SMILES string of the molecule is COCCc1c(COC)c(=O)oc2cc(O[Si](C)(C)C(C)(C)C)ccc12.COCCc1cc(=O)oc2cc(O[Si](C)(C)C(C)(C)C)ccc12. The van der Waals surface area contributed by atoms with E-state index in [1.807, 2.05) is 36.4 Å². The number of hydrogen-bond acceptors (Lipinski definition) is 9. The van der Waals surface area contributed by atoms with Gasteiger partial charge in [0.2, 0.25) is 16.6 Å². The van der Waals surface area contributed by atoms with Gasteiger partial charge in [-0.1, -0.05) is 41.5 Å². The minimum atomic E-state index is -1.96. The minimum Gasteiger partial charge on any atom is -0.543 e. The van der Waals surface area contributed by atoms with Crippen LogP contribution in [0.1, 0.15) is 58.2 Å². The molecule has 0 spiro atoms. The number of methoxy groups -OCH3 is 3. The van der Waals surface area contributed by atoms with Crippen molar-refractivity contribution in [3.63, 3.8) is 0 Å². The van der Waals surface area contributed by atoms with Crippen LogP contribution >= 0.6 is 0 Å². The van der Waals surface area contributed by atoms with Gasteiger partial charge in [0, 0.05) is 50.3 Å². The van der Waals surface area contributed by atoms with Crippen molar-refractivity contribution in [2.45, 2.75) is 97.3 Å². The van der Waals surface area contributed by atoms with Crippen LogP contribution in [0, 0.1) is 0 Å². The maximum atomic E-state index is 12.4. The van der Waals surface area contributed by atoms with Crippen LogP contribution in [0.25, 0.3) is 21.9 Å². The maximum absolute atomic E-state index is 12.4. The highest BCUT2D eigenvalue weighted by Gasteiger charge is 2.40. The van der Waals surface area contributed by atoms with Gasteiger partial charge in [-0.05, 0) is 84.5 Å². The average molecular weight is 713 g/mol. The number of rotatable bonds is 12. The molecule has 4 rings (SSSR count). The van der Waals surface area contributed by atoms with Crippen molar-refractivity contribution < 1.29 is 31.9 Å². The highest BCUT2D eigenvalue weighted by Crippen LogP contribution is 2.39. The van der Waals surface area contributed by atoms with Crippen LogP contribution in [0.3, 0.4) is 0 Å². The first-order chi connectivity index (χ1) is 22.7. The summed E-state index contributed by atoms with van der Waals surface area (Å²) in [4.78, 5) is 24.2. The quantitative estimate of drug-likeness (QED) is 0.105. The molecule has 2 aromatic heterocycles. The first-order valence-electron chi connectivity index (χ1n) is 16.7. The van der Waals surface area contributed by atoms with Crippen molar-refractivity contribution in [3.05, 3.63) is 80.0 Å². The second-order valence-electron chi connectivity index (χ2n) is 15.4. The lowest BCUT2D eigenvalue weighted by atomic mass is 10.0. The fourth-order valence-electron chi connectivity index (χ4n) is 4.72. The molecule has 0 radical (unpaired) electrons. The molecule has 0 saturated heterocycles. The fraction of sp³-hybridized carbons (Fsp3) is 0.526. The van der Waals surface area contributed by atoms with Crippen LogP contribution in [0.5, 0.6) is 11.5 Å². The van der Waals surface area contributed by atoms with Gasteiger partial charge in [0.05, 0.1) is 25.4 Å². The summed E-state index contributed by atoms with van der Waals surface area (Å²) in [5.41, 5.74) is 2.81. The molecule has 2 heterocycles. The highest BCUT2D eigenvalue weighted by atomic mass is 28.4. The molecular weight excluding hydrogens is 657 g/mol. The molecule has 0 atom stereocenters. The summed E-state index contributed by atoms with van der Waals surface area (Å²) >= 11 is 0. The molecule has 4 aromatic rings. The van der Waals surface area contributed by atoms with E-state index in [-0.39, 0.29) is 27.9 Å². The zero-order valence-electron chi connectivity index (χ0n) is 31.8. The molecule has 0 aliphatic rings. The monoisotopic (exact) mass is 712 g/mol. The molecule has 0 unspecified atom stereocenters. The van der Waals surface area contributed by atoms with Gasteiger partial charge in [-0.15, -0.1) is 0 Å². The van der Waals surface area contributed by atoms with E-state index in [9.17, 15) is 9.59 Å². The number of benzene rings is 2. The first-order valence-corrected chi connectivity index (χ1v) is 22.6. The van der Waals surface area contributed by atoms with E-state index in [1.165, 1.54) is 6.07 Å². The zero-order valence-corrected chi connectivity index (χ0v) is 33.8. The Hall–Kier alpha value is -3.23. The van der Waals surface area contributed by atoms with E-state index in [1.54, 1.807) is 21.3 Å². The van der Waals surface area contributed by atoms with Gasteiger partial charge in [-0.2, -0.15) is 0 Å². The Balaban J connectivity index is 0.000000267. The van der Waals surface area contributed by atoms with Gasteiger partial charge in [-0.25, -0.2) is 9.59 Å². The van der Waals surface area contributed by atoms with Gasteiger partial charge >= 0.3 is 11.3 Å². The van der Waals surface area contributed by atoms with Crippen LogP contribution in [0.4, 0.5) is 0 Å². The van der Waals surface area contributed by atoms with E-state index in [0.717, 1.165) is 33.4 Å². The summed E-state index contributed by atoms with van der Waals surface area (Å²) in [6.07, 6.45) is 1.31. The lowest BCUT2D eigenvalue weighted by Gasteiger charge is -2.36. The fourth-order valence-corrected chi connectivity index (χ4v) is 6.76. The Labute approximate surface area is 293 Å². The number of fused-ring (bicyclic) bond motifs is 2. The highest BCUT2D eigenvalue weighted by molar-refractivity contribution is 6.75.